The van der Waals surface area contributed by atoms with Crippen LogP contribution in [0.25, 0.3) is 0 Å². The number of likely N-dealkylation sites (tertiary alicyclic amines) is 1. The van der Waals surface area contributed by atoms with E-state index in [9.17, 15) is 22.8 Å². The maximum Gasteiger partial charge on any atom is 0.416 e. The van der Waals surface area contributed by atoms with E-state index in [2.05, 4.69) is 10.3 Å². The average molecular weight is 421 g/mol. The first-order valence-electron chi connectivity index (χ1n) is 9.53. The molecular weight excluding hydrogens is 399 g/mol. The third-order valence-corrected chi connectivity index (χ3v) is 4.86. The summed E-state index contributed by atoms with van der Waals surface area (Å²) in [6.45, 7) is 1.19. The molecule has 1 aliphatic heterocycles. The fourth-order valence-electron chi connectivity index (χ4n) is 3.42. The first-order chi connectivity index (χ1) is 14.3. The highest BCUT2D eigenvalue weighted by atomic mass is 19.4. The van der Waals surface area contributed by atoms with Gasteiger partial charge in [-0.1, -0.05) is 18.2 Å². The van der Waals surface area contributed by atoms with E-state index in [0.29, 0.717) is 25.1 Å². The summed E-state index contributed by atoms with van der Waals surface area (Å²) in [6.07, 6.45) is -2.30. The predicted octanol–water partition coefficient (Wildman–Crippen LogP) is 3.48. The molecule has 3 rings (SSSR count). The summed E-state index contributed by atoms with van der Waals surface area (Å²) in [7, 11) is 0. The van der Waals surface area contributed by atoms with E-state index in [0.717, 1.165) is 12.3 Å². The van der Waals surface area contributed by atoms with Gasteiger partial charge in [0.15, 0.2) is 6.61 Å². The van der Waals surface area contributed by atoms with Crippen LogP contribution in [0, 0.1) is 0 Å². The quantitative estimate of drug-likeness (QED) is 0.775. The van der Waals surface area contributed by atoms with Gasteiger partial charge in [-0.3, -0.25) is 14.6 Å². The van der Waals surface area contributed by atoms with Crippen LogP contribution in [-0.4, -0.2) is 34.8 Å². The van der Waals surface area contributed by atoms with Gasteiger partial charge in [-0.25, -0.2) is 0 Å². The number of para-hydroxylation sites is 1. The number of rotatable bonds is 6. The van der Waals surface area contributed by atoms with E-state index in [-0.39, 0.29) is 30.3 Å². The van der Waals surface area contributed by atoms with Crippen molar-refractivity contribution in [2.24, 2.45) is 0 Å². The maximum absolute atomic E-state index is 13.6. The van der Waals surface area contributed by atoms with Gasteiger partial charge in [-0.15, -0.1) is 0 Å². The number of amides is 2. The Labute approximate surface area is 172 Å². The molecule has 1 atom stereocenters. The number of carbonyl (C=O) groups excluding carboxylic acids is 2. The molecule has 1 aromatic carbocycles. The minimum atomic E-state index is -4.60. The number of aromatic nitrogens is 1. The van der Waals surface area contributed by atoms with Gasteiger partial charge in [0.1, 0.15) is 5.75 Å². The standard InChI is InChI=1S/C21H22F3N3O3/c1-14(28)25-11-15-12-26-18(10-17(15)21(22,23)24)19-8-5-9-27(19)20(29)13-30-16-6-3-2-4-7-16/h2-4,6-7,10,12,19H,5,8-9,11,13H2,1H3,(H,25,28)/t19-/m1/s1. The molecule has 0 saturated carbocycles. The fourth-order valence-corrected chi connectivity index (χ4v) is 3.42. The molecule has 2 amide bonds. The van der Waals surface area contributed by atoms with E-state index in [1.807, 2.05) is 6.07 Å². The maximum atomic E-state index is 13.6. The molecule has 1 N–H and O–H groups in total. The molecule has 0 bridgehead atoms. The molecule has 1 aromatic heterocycles. The van der Waals surface area contributed by atoms with Gasteiger partial charge >= 0.3 is 6.18 Å². The van der Waals surface area contributed by atoms with Crippen molar-refractivity contribution in [1.29, 1.82) is 0 Å². The Morgan fingerprint density at radius 3 is 2.67 bits per heavy atom. The lowest BCUT2D eigenvalue weighted by Gasteiger charge is -2.25. The van der Waals surface area contributed by atoms with E-state index >= 15 is 0 Å². The van der Waals surface area contributed by atoms with Crippen molar-refractivity contribution in [2.75, 3.05) is 13.2 Å². The number of halogens is 3. The molecule has 2 aromatic rings. The van der Waals surface area contributed by atoms with Crippen LogP contribution in [-0.2, 0) is 22.3 Å². The molecule has 0 unspecified atom stereocenters. The molecule has 1 aliphatic rings. The number of nitrogens with one attached hydrogen (secondary N) is 1. The largest absolute Gasteiger partial charge is 0.484 e. The van der Waals surface area contributed by atoms with Crippen LogP contribution in [0.5, 0.6) is 5.75 Å². The molecule has 0 radical (unpaired) electrons. The van der Waals surface area contributed by atoms with Gasteiger partial charge in [-0.2, -0.15) is 13.2 Å². The molecule has 2 heterocycles. The number of benzene rings is 1. The summed E-state index contributed by atoms with van der Waals surface area (Å²) in [5.74, 6) is -0.196. The van der Waals surface area contributed by atoms with Crippen LogP contribution >= 0.6 is 0 Å². The highest BCUT2D eigenvalue weighted by molar-refractivity contribution is 5.78. The summed E-state index contributed by atoms with van der Waals surface area (Å²) in [5.41, 5.74) is -0.801. The van der Waals surface area contributed by atoms with Crippen LogP contribution in [0.2, 0.25) is 0 Å². The molecule has 1 saturated heterocycles. The van der Waals surface area contributed by atoms with Crippen molar-refractivity contribution in [3.05, 3.63) is 59.4 Å². The van der Waals surface area contributed by atoms with Gasteiger partial charge in [0.25, 0.3) is 5.91 Å². The second-order valence-electron chi connectivity index (χ2n) is 7.02. The number of nitrogens with zero attached hydrogens (tertiary/aromatic N) is 2. The molecule has 30 heavy (non-hydrogen) atoms. The zero-order chi connectivity index (χ0) is 21.7. The first-order valence-corrected chi connectivity index (χ1v) is 9.53. The number of hydrogen-bond donors (Lipinski definition) is 1. The van der Waals surface area contributed by atoms with Crippen molar-refractivity contribution in [1.82, 2.24) is 15.2 Å². The first kappa shape index (κ1) is 21.6. The smallest absolute Gasteiger partial charge is 0.416 e. The van der Waals surface area contributed by atoms with E-state index in [1.165, 1.54) is 11.8 Å². The molecule has 1 fully saturated rings. The molecule has 0 aliphatic carbocycles. The summed E-state index contributed by atoms with van der Waals surface area (Å²) in [4.78, 5) is 29.4. The fraction of sp³-hybridized carbons (Fsp3) is 0.381. The lowest BCUT2D eigenvalue weighted by Crippen LogP contribution is -2.35. The number of carbonyl (C=O) groups is 2. The molecule has 9 heteroatoms. The Bertz CT molecular complexity index is 903. The SMILES string of the molecule is CC(=O)NCc1cnc([C@H]2CCCN2C(=O)COc2ccccc2)cc1C(F)(F)F. The van der Waals surface area contributed by atoms with Crippen molar-refractivity contribution >= 4 is 11.8 Å². The van der Waals surface area contributed by atoms with Crippen LogP contribution in [0.3, 0.4) is 0 Å². The topological polar surface area (TPSA) is 71.5 Å². The summed E-state index contributed by atoms with van der Waals surface area (Å²) in [5, 5.41) is 2.36. The van der Waals surface area contributed by atoms with E-state index in [4.69, 9.17) is 4.74 Å². The Morgan fingerprint density at radius 1 is 1.27 bits per heavy atom. The molecule has 6 nitrogen and oxygen atoms in total. The van der Waals surface area contributed by atoms with Gasteiger partial charge < -0.3 is 15.0 Å². The Kier molecular flexibility index (Phi) is 6.59. The van der Waals surface area contributed by atoms with Gasteiger partial charge in [0, 0.05) is 31.8 Å². The van der Waals surface area contributed by atoms with Crippen LogP contribution in [0.1, 0.15) is 42.6 Å². The third kappa shape index (κ3) is 5.28. The molecule has 160 valence electrons. The Balaban J connectivity index is 1.77. The highest BCUT2D eigenvalue weighted by Gasteiger charge is 2.37. The van der Waals surface area contributed by atoms with Crippen molar-refractivity contribution < 1.29 is 27.5 Å². The lowest BCUT2D eigenvalue weighted by atomic mass is 10.0. The van der Waals surface area contributed by atoms with Gasteiger partial charge in [0.05, 0.1) is 17.3 Å². The van der Waals surface area contributed by atoms with Crippen LogP contribution in [0.4, 0.5) is 13.2 Å². The highest BCUT2D eigenvalue weighted by Crippen LogP contribution is 2.36. The Hall–Kier alpha value is -3.10. The minimum Gasteiger partial charge on any atom is -0.484 e. The normalized spacial score (nSPS) is 16.4. The molecular formula is C21H22F3N3O3. The minimum absolute atomic E-state index is 0.121. The zero-order valence-corrected chi connectivity index (χ0v) is 16.4. The number of alkyl halides is 3. The number of ether oxygens (including phenoxy) is 1. The summed E-state index contributed by atoms with van der Waals surface area (Å²) < 4.78 is 46.2. The van der Waals surface area contributed by atoms with Crippen molar-refractivity contribution in [3.63, 3.8) is 0 Å². The third-order valence-electron chi connectivity index (χ3n) is 4.86. The Morgan fingerprint density at radius 2 is 2.00 bits per heavy atom. The summed E-state index contributed by atoms with van der Waals surface area (Å²) in [6, 6.07) is 9.26. The van der Waals surface area contributed by atoms with E-state index in [1.54, 1.807) is 24.3 Å². The zero-order valence-electron chi connectivity index (χ0n) is 16.4. The molecule has 0 spiro atoms. The summed E-state index contributed by atoms with van der Waals surface area (Å²) >= 11 is 0. The van der Waals surface area contributed by atoms with E-state index < -0.39 is 23.7 Å². The van der Waals surface area contributed by atoms with Crippen LogP contribution < -0.4 is 10.1 Å². The van der Waals surface area contributed by atoms with Gasteiger partial charge in [0.2, 0.25) is 5.91 Å². The average Bonchev–Trinajstić information content (AvgIpc) is 3.20. The lowest BCUT2D eigenvalue weighted by molar-refractivity contribution is -0.138. The van der Waals surface area contributed by atoms with Crippen LogP contribution in [0.15, 0.2) is 42.6 Å². The van der Waals surface area contributed by atoms with Gasteiger partial charge in [-0.05, 0) is 31.0 Å². The second kappa shape index (κ2) is 9.15. The number of hydrogen-bond acceptors (Lipinski definition) is 4. The second-order valence-corrected chi connectivity index (χ2v) is 7.02. The predicted molar refractivity (Wildman–Crippen MR) is 102 cm³/mol. The van der Waals surface area contributed by atoms with Crippen molar-refractivity contribution in [2.45, 2.75) is 38.5 Å². The van der Waals surface area contributed by atoms with Crippen molar-refractivity contribution in [3.8, 4) is 5.75 Å². The number of pyridine rings is 1. The monoisotopic (exact) mass is 421 g/mol.